The summed E-state index contributed by atoms with van der Waals surface area (Å²) in [7, 11) is 0. The van der Waals surface area contributed by atoms with Crippen LogP contribution in [0.5, 0.6) is 0 Å². The molecule has 0 unspecified atom stereocenters. The van der Waals surface area contributed by atoms with Crippen LogP contribution in [0.2, 0.25) is 0 Å². The average molecular weight is 222 g/mol. The minimum Gasteiger partial charge on any atom is -0.398 e. The normalized spacial score (nSPS) is 9.88. The van der Waals surface area contributed by atoms with Crippen molar-refractivity contribution in [1.82, 2.24) is 4.98 Å². The van der Waals surface area contributed by atoms with Crippen LogP contribution >= 0.6 is 0 Å². The lowest BCUT2D eigenvalue weighted by atomic mass is 10.1. The molecule has 1 aromatic carbocycles. The molecule has 17 heavy (non-hydrogen) atoms. The second-order valence-electron chi connectivity index (χ2n) is 3.67. The van der Waals surface area contributed by atoms with Gasteiger partial charge in [-0.05, 0) is 23.8 Å². The van der Waals surface area contributed by atoms with Crippen molar-refractivity contribution in [2.45, 2.75) is 0 Å². The monoisotopic (exact) mass is 222 g/mol. The first-order valence-corrected chi connectivity index (χ1v) is 5.37. The van der Waals surface area contributed by atoms with Gasteiger partial charge in [0.05, 0.1) is 11.4 Å². The molecule has 1 heterocycles. The zero-order valence-electron chi connectivity index (χ0n) is 9.56. The fourth-order valence-electron chi connectivity index (χ4n) is 1.70. The Morgan fingerprint density at radius 1 is 1.00 bits per heavy atom. The number of anilines is 1. The number of para-hydroxylation sites is 1. The zero-order valence-corrected chi connectivity index (χ0v) is 9.56. The first kappa shape index (κ1) is 11.1. The Morgan fingerprint density at radius 2 is 1.76 bits per heavy atom. The highest BCUT2D eigenvalue weighted by atomic mass is 14.7. The van der Waals surface area contributed by atoms with Crippen LogP contribution < -0.4 is 5.73 Å². The van der Waals surface area contributed by atoms with Crippen LogP contribution in [0.4, 0.5) is 5.69 Å². The summed E-state index contributed by atoms with van der Waals surface area (Å²) in [5.74, 6) is 0. The molecule has 0 radical (unpaired) electrons. The lowest BCUT2D eigenvalue weighted by Crippen LogP contribution is -1.94. The summed E-state index contributed by atoms with van der Waals surface area (Å²) >= 11 is 0. The largest absolute Gasteiger partial charge is 0.398 e. The van der Waals surface area contributed by atoms with Crippen molar-refractivity contribution in [2.75, 3.05) is 5.73 Å². The Hall–Kier alpha value is -2.35. The molecular weight excluding hydrogens is 208 g/mol. The molecular formula is C15H14N2. The van der Waals surface area contributed by atoms with E-state index in [0.29, 0.717) is 0 Å². The second kappa shape index (κ2) is 4.66. The van der Waals surface area contributed by atoms with Crippen LogP contribution in [0.15, 0.2) is 49.6 Å². The molecule has 1 aromatic heterocycles. The number of hydrogen-bond donors (Lipinski definition) is 1. The van der Waals surface area contributed by atoms with Crippen molar-refractivity contribution in [2.24, 2.45) is 0 Å². The SMILES string of the molecule is C=Cc1ccc(-c2ccccc2N)nc1C=C. The molecule has 84 valence electrons. The molecule has 0 spiro atoms. The Labute approximate surface area is 101 Å². The lowest BCUT2D eigenvalue weighted by Gasteiger charge is -2.07. The van der Waals surface area contributed by atoms with Crippen molar-refractivity contribution in [3.8, 4) is 11.3 Å². The number of nitrogens with zero attached hydrogens (tertiary/aromatic N) is 1. The summed E-state index contributed by atoms with van der Waals surface area (Å²) in [6, 6.07) is 11.6. The van der Waals surface area contributed by atoms with E-state index in [9.17, 15) is 0 Å². The summed E-state index contributed by atoms with van der Waals surface area (Å²) in [6.07, 6.45) is 3.49. The Morgan fingerprint density at radius 3 is 2.41 bits per heavy atom. The number of pyridine rings is 1. The van der Waals surface area contributed by atoms with Crippen molar-refractivity contribution in [3.63, 3.8) is 0 Å². The van der Waals surface area contributed by atoms with Gasteiger partial charge in [0.25, 0.3) is 0 Å². The smallest absolute Gasteiger partial charge is 0.0730 e. The molecule has 0 fully saturated rings. The molecule has 2 heteroatoms. The third kappa shape index (κ3) is 2.11. The number of nitrogen functional groups attached to an aromatic ring is 1. The summed E-state index contributed by atoms with van der Waals surface area (Å²) in [5, 5.41) is 0. The van der Waals surface area contributed by atoms with Crippen LogP contribution in [0.1, 0.15) is 11.3 Å². The molecule has 0 aliphatic heterocycles. The van der Waals surface area contributed by atoms with Gasteiger partial charge in [-0.15, -0.1) is 0 Å². The predicted octanol–water partition coefficient (Wildman–Crippen LogP) is 3.62. The standard InChI is InChI=1S/C15H14N2/c1-3-11-9-10-15(17-14(11)4-2)12-7-5-6-8-13(12)16/h3-10H,1-2,16H2. The number of nitrogens with two attached hydrogens (primary N) is 1. The molecule has 0 bridgehead atoms. The van der Waals surface area contributed by atoms with Gasteiger partial charge in [0, 0.05) is 11.3 Å². The van der Waals surface area contributed by atoms with Crippen molar-refractivity contribution >= 4 is 17.8 Å². The highest BCUT2D eigenvalue weighted by Crippen LogP contribution is 2.25. The van der Waals surface area contributed by atoms with Crippen LogP contribution in [0.25, 0.3) is 23.4 Å². The Balaban J connectivity index is 2.58. The van der Waals surface area contributed by atoms with Gasteiger partial charge in [0.2, 0.25) is 0 Å². The van der Waals surface area contributed by atoms with E-state index in [0.717, 1.165) is 28.2 Å². The van der Waals surface area contributed by atoms with Gasteiger partial charge in [-0.1, -0.05) is 43.5 Å². The van der Waals surface area contributed by atoms with E-state index < -0.39 is 0 Å². The van der Waals surface area contributed by atoms with Crippen molar-refractivity contribution < 1.29 is 0 Å². The molecule has 0 aliphatic carbocycles. The number of aromatic nitrogens is 1. The molecule has 2 aromatic rings. The maximum atomic E-state index is 5.93. The van der Waals surface area contributed by atoms with Gasteiger partial charge >= 0.3 is 0 Å². The van der Waals surface area contributed by atoms with E-state index in [2.05, 4.69) is 18.1 Å². The van der Waals surface area contributed by atoms with E-state index in [1.165, 1.54) is 0 Å². The maximum absolute atomic E-state index is 5.93. The summed E-state index contributed by atoms with van der Waals surface area (Å²) in [5.41, 5.74) is 10.2. The lowest BCUT2D eigenvalue weighted by molar-refractivity contribution is 1.28. The average Bonchev–Trinajstić information content (AvgIpc) is 2.38. The van der Waals surface area contributed by atoms with E-state index in [-0.39, 0.29) is 0 Å². The second-order valence-corrected chi connectivity index (χ2v) is 3.67. The molecule has 0 saturated heterocycles. The molecule has 0 saturated carbocycles. The minimum absolute atomic E-state index is 0.723. The third-order valence-corrected chi connectivity index (χ3v) is 2.61. The van der Waals surface area contributed by atoms with Crippen molar-refractivity contribution in [3.05, 3.63) is 60.8 Å². The number of hydrogen-bond acceptors (Lipinski definition) is 2. The zero-order chi connectivity index (χ0) is 12.3. The van der Waals surface area contributed by atoms with E-state index in [1.807, 2.05) is 36.4 Å². The first-order chi connectivity index (χ1) is 8.26. The molecule has 2 N–H and O–H groups in total. The highest BCUT2D eigenvalue weighted by Gasteiger charge is 2.05. The van der Waals surface area contributed by atoms with E-state index in [1.54, 1.807) is 12.2 Å². The van der Waals surface area contributed by atoms with Gasteiger partial charge in [0.15, 0.2) is 0 Å². The van der Waals surface area contributed by atoms with Crippen LogP contribution in [-0.2, 0) is 0 Å². The number of rotatable bonds is 3. The third-order valence-electron chi connectivity index (χ3n) is 2.61. The van der Waals surface area contributed by atoms with Gasteiger partial charge in [-0.25, -0.2) is 4.98 Å². The van der Waals surface area contributed by atoms with Gasteiger partial charge in [0.1, 0.15) is 0 Å². The Bertz CT molecular complexity index is 571. The van der Waals surface area contributed by atoms with Gasteiger partial charge in [-0.3, -0.25) is 0 Å². The summed E-state index contributed by atoms with van der Waals surface area (Å²) in [4.78, 5) is 4.52. The summed E-state index contributed by atoms with van der Waals surface area (Å²) in [6.45, 7) is 7.50. The molecule has 0 atom stereocenters. The maximum Gasteiger partial charge on any atom is 0.0730 e. The van der Waals surface area contributed by atoms with Gasteiger partial charge < -0.3 is 5.73 Å². The first-order valence-electron chi connectivity index (χ1n) is 5.37. The van der Waals surface area contributed by atoms with Crippen LogP contribution in [-0.4, -0.2) is 4.98 Å². The fourth-order valence-corrected chi connectivity index (χ4v) is 1.70. The van der Waals surface area contributed by atoms with E-state index in [4.69, 9.17) is 5.73 Å². The minimum atomic E-state index is 0.723. The summed E-state index contributed by atoms with van der Waals surface area (Å²) < 4.78 is 0. The molecule has 2 rings (SSSR count). The van der Waals surface area contributed by atoms with E-state index >= 15 is 0 Å². The Kier molecular flexibility index (Phi) is 3.06. The predicted molar refractivity (Wildman–Crippen MR) is 74.3 cm³/mol. The quantitative estimate of drug-likeness (QED) is 0.805. The van der Waals surface area contributed by atoms with Crippen LogP contribution in [0, 0.1) is 0 Å². The highest BCUT2D eigenvalue weighted by molar-refractivity contribution is 5.75. The molecule has 0 amide bonds. The van der Waals surface area contributed by atoms with Crippen molar-refractivity contribution in [1.29, 1.82) is 0 Å². The topological polar surface area (TPSA) is 38.9 Å². The number of benzene rings is 1. The van der Waals surface area contributed by atoms with Crippen LogP contribution in [0.3, 0.4) is 0 Å². The fraction of sp³-hybridized carbons (Fsp3) is 0. The van der Waals surface area contributed by atoms with Gasteiger partial charge in [-0.2, -0.15) is 0 Å². The molecule has 2 nitrogen and oxygen atoms in total. The molecule has 0 aliphatic rings.